The molecule has 0 saturated carbocycles. The molecule has 0 bridgehead atoms. The summed E-state index contributed by atoms with van der Waals surface area (Å²) in [5.74, 6) is -0.613. The molecule has 34 heavy (non-hydrogen) atoms. The molecular weight excluding hydrogens is 448 g/mol. The van der Waals surface area contributed by atoms with Crippen molar-refractivity contribution in [2.75, 3.05) is 0 Å². The maximum absolute atomic E-state index is 13.2. The first-order valence-electron chi connectivity index (χ1n) is 12.6. The molecule has 1 aliphatic heterocycles. The van der Waals surface area contributed by atoms with Gasteiger partial charge in [0.1, 0.15) is 5.78 Å². The molecule has 2 heterocycles. The number of thiazole rings is 1. The smallest absolute Gasteiger partial charge is 0.223 e. The number of carbonyl (C=O) groups excluding carboxylic acids is 2. The average molecular weight is 493 g/mol. The lowest BCUT2D eigenvalue weighted by atomic mass is 9.72. The Morgan fingerprint density at radius 1 is 1.15 bits per heavy atom. The van der Waals surface area contributed by atoms with Crippen LogP contribution in [0.5, 0.6) is 0 Å². The zero-order chi connectivity index (χ0) is 25.6. The topological polar surface area (TPSA) is 99.5 Å². The quantitative estimate of drug-likeness (QED) is 0.544. The predicted molar refractivity (Wildman–Crippen MR) is 138 cm³/mol. The summed E-state index contributed by atoms with van der Waals surface area (Å²) in [6, 6.07) is -0.157. The Labute approximate surface area is 209 Å². The Morgan fingerprint density at radius 3 is 2.44 bits per heavy atom. The van der Waals surface area contributed by atoms with Crippen molar-refractivity contribution in [1.82, 2.24) is 10.3 Å². The molecule has 1 unspecified atom stereocenters. The molecule has 1 aliphatic rings. The van der Waals surface area contributed by atoms with Crippen molar-refractivity contribution >= 4 is 29.1 Å². The summed E-state index contributed by atoms with van der Waals surface area (Å²) in [7, 11) is 0. The predicted octanol–water partition coefficient (Wildman–Crippen LogP) is 4.92. The summed E-state index contributed by atoms with van der Waals surface area (Å²) in [5, 5.41) is 27.8. The van der Waals surface area contributed by atoms with Crippen molar-refractivity contribution in [3.05, 3.63) is 21.7 Å². The van der Waals surface area contributed by atoms with Gasteiger partial charge in [-0.15, -0.1) is 11.3 Å². The molecule has 192 valence electrons. The van der Waals surface area contributed by atoms with E-state index in [0.717, 1.165) is 48.4 Å². The van der Waals surface area contributed by atoms with E-state index in [-0.39, 0.29) is 30.1 Å². The van der Waals surface area contributed by atoms with Gasteiger partial charge in [0.15, 0.2) is 0 Å². The van der Waals surface area contributed by atoms with Gasteiger partial charge in [0.05, 0.1) is 40.8 Å². The third kappa shape index (κ3) is 7.72. The minimum atomic E-state index is -1.14. The Morgan fingerprint density at radius 2 is 1.82 bits per heavy atom. The zero-order valence-corrected chi connectivity index (χ0v) is 22.7. The van der Waals surface area contributed by atoms with Gasteiger partial charge in [0.2, 0.25) is 5.91 Å². The second kappa shape index (κ2) is 12.4. The number of Topliss-reactive ketones (excluding diaryl/α,β-unsaturated/α-hetero) is 1. The maximum atomic E-state index is 13.2. The zero-order valence-electron chi connectivity index (χ0n) is 21.9. The molecule has 1 saturated heterocycles. The first-order chi connectivity index (χ1) is 15.8. The fraction of sp³-hybridized carbons (Fsp3) is 0.741. The van der Waals surface area contributed by atoms with Crippen LogP contribution in [0.4, 0.5) is 0 Å². The highest BCUT2D eigenvalue weighted by molar-refractivity contribution is 7.09. The van der Waals surface area contributed by atoms with Crippen LogP contribution < -0.4 is 5.32 Å². The number of aliphatic hydroxyl groups is 2. The van der Waals surface area contributed by atoms with Gasteiger partial charge in [0, 0.05) is 11.3 Å². The number of aromatic nitrogens is 1. The summed E-state index contributed by atoms with van der Waals surface area (Å²) in [6.07, 6.45) is 4.60. The molecular formula is C27H44N2O4S. The number of carbonyl (C=O) groups is 2. The van der Waals surface area contributed by atoms with Crippen LogP contribution >= 0.6 is 11.3 Å². The van der Waals surface area contributed by atoms with Gasteiger partial charge in [-0.2, -0.15) is 0 Å². The molecule has 0 aliphatic carbocycles. The standard InChI is InChI=1S/C27H44N2O4S/c1-16-9-8-10-17(2)25(32)19(4)26(33)27(6,7)23(30)14-24(31)29-22(12-11-16)18(3)13-21-15-34-20(5)28-21/h13,15-17,19,22-23,25,30,32H,8-12,14H2,1-7H3,(H,29,31)/b18-13+/t16?,17-,19+,22-,23-,25-/m0/s1. The van der Waals surface area contributed by atoms with Gasteiger partial charge in [-0.05, 0) is 56.6 Å². The molecule has 1 fully saturated rings. The van der Waals surface area contributed by atoms with E-state index >= 15 is 0 Å². The van der Waals surface area contributed by atoms with Crippen molar-refractivity contribution in [3.8, 4) is 0 Å². The largest absolute Gasteiger partial charge is 0.392 e. The van der Waals surface area contributed by atoms with Gasteiger partial charge < -0.3 is 15.5 Å². The summed E-state index contributed by atoms with van der Waals surface area (Å²) in [4.78, 5) is 30.7. The van der Waals surface area contributed by atoms with Crippen LogP contribution in [0.1, 0.15) is 90.8 Å². The number of amides is 1. The second-order valence-corrected chi connectivity index (χ2v) is 12.0. The molecule has 1 aromatic rings. The highest BCUT2D eigenvalue weighted by Crippen LogP contribution is 2.32. The Bertz CT molecular complexity index is 863. The van der Waals surface area contributed by atoms with Crippen molar-refractivity contribution in [2.45, 2.75) is 105 Å². The van der Waals surface area contributed by atoms with E-state index in [1.807, 2.05) is 32.2 Å². The van der Waals surface area contributed by atoms with Crippen molar-refractivity contribution in [2.24, 2.45) is 23.2 Å². The lowest BCUT2D eigenvalue weighted by Crippen LogP contribution is -2.47. The molecule has 1 amide bonds. The number of hydrogen-bond acceptors (Lipinski definition) is 6. The molecule has 6 atom stereocenters. The molecule has 3 N–H and O–H groups in total. The van der Waals surface area contributed by atoms with Crippen molar-refractivity contribution in [3.63, 3.8) is 0 Å². The maximum Gasteiger partial charge on any atom is 0.223 e. The van der Waals surface area contributed by atoms with Crippen LogP contribution in [0.25, 0.3) is 6.08 Å². The molecule has 0 radical (unpaired) electrons. The number of hydrogen-bond donors (Lipinski definition) is 3. The Hall–Kier alpha value is -1.57. The Balaban J connectivity index is 2.27. The summed E-state index contributed by atoms with van der Waals surface area (Å²) in [6.45, 7) is 13.3. The lowest BCUT2D eigenvalue weighted by Gasteiger charge is -2.35. The molecule has 0 aromatic carbocycles. The second-order valence-electron chi connectivity index (χ2n) is 11.0. The SMILES string of the molecule is C/C(=C\c1csc(C)n1)[C@@H]1CCC(C)CCC[C@H](C)[C@H](O)[C@@H](C)C(=O)C(C)(C)[C@@H](O)CC(=O)N1. The van der Waals surface area contributed by atoms with Crippen LogP contribution in [0.2, 0.25) is 0 Å². The Kier molecular flexibility index (Phi) is 10.5. The van der Waals surface area contributed by atoms with Gasteiger partial charge >= 0.3 is 0 Å². The van der Waals surface area contributed by atoms with Gasteiger partial charge in [0.25, 0.3) is 0 Å². The number of aliphatic hydroxyl groups excluding tert-OH is 2. The van der Waals surface area contributed by atoms with Gasteiger partial charge in [-0.25, -0.2) is 4.98 Å². The van der Waals surface area contributed by atoms with E-state index in [9.17, 15) is 19.8 Å². The summed E-state index contributed by atoms with van der Waals surface area (Å²) in [5.41, 5.74) is 0.784. The van der Waals surface area contributed by atoms with E-state index in [1.54, 1.807) is 32.1 Å². The number of nitrogens with one attached hydrogen (secondary N) is 1. The van der Waals surface area contributed by atoms with Crippen LogP contribution in [0.3, 0.4) is 0 Å². The average Bonchev–Trinajstić information content (AvgIpc) is 3.18. The van der Waals surface area contributed by atoms with E-state index in [1.165, 1.54) is 0 Å². The monoisotopic (exact) mass is 492 g/mol. The van der Waals surface area contributed by atoms with Crippen molar-refractivity contribution in [1.29, 1.82) is 0 Å². The number of nitrogens with zero attached hydrogens (tertiary/aromatic N) is 1. The third-order valence-electron chi connectivity index (χ3n) is 7.56. The molecule has 0 spiro atoms. The number of aryl methyl sites for hydroxylation is 1. The van der Waals surface area contributed by atoms with E-state index in [2.05, 4.69) is 17.2 Å². The fourth-order valence-electron chi connectivity index (χ4n) is 4.83. The van der Waals surface area contributed by atoms with E-state index < -0.39 is 23.5 Å². The van der Waals surface area contributed by atoms with Crippen LogP contribution in [0.15, 0.2) is 11.0 Å². The minimum absolute atomic E-state index is 0.00482. The molecule has 6 nitrogen and oxygen atoms in total. The van der Waals surface area contributed by atoms with E-state index in [4.69, 9.17) is 0 Å². The van der Waals surface area contributed by atoms with Crippen LogP contribution in [-0.2, 0) is 9.59 Å². The van der Waals surface area contributed by atoms with Gasteiger partial charge in [-0.1, -0.05) is 47.5 Å². The van der Waals surface area contributed by atoms with Crippen molar-refractivity contribution < 1.29 is 19.8 Å². The highest BCUT2D eigenvalue weighted by Gasteiger charge is 2.42. The first kappa shape index (κ1) is 28.7. The normalized spacial score (nSPS) is 32.9. The van der Waals surface area contributed by atoms with Gasteiger partial charge in [-0.3, -0.25) is 9.59 Å². The fourth-order valence-corrected chi connectivity index (χ4v) is 5.40. The summed E-state index contributed by atoms with van der Waals surface area (Å²) < 4.78 is 0. The minimum Gasteiger partial charge on any atom is -0.392 e. The first-order valence-corrected chi connectivity index (χ1v) is 13.5. The van der Waals surface area contributed by atoms with Crippen LogP contribution in [0, 0.1) is 30.1 Å². The summed E-state index contributed by atoms with van der Waals surface area (Å²) >= 11 is 1.60. The molecule has 2 rings (SSSR count). The molecule has 7 heteroatoms. The van der Waals surface area contributed by atoms with Crippen LogP contribution in [-0.4, -0.2) is 45.1 Å². The highest BCUT2D eigenvalue weighted by atomic mass is 32.1. The number of ketones is 1. The number of rotatable bonds is 2. The van der Waals surface area contributed by atoms with E-state index in [0.29, 0.717) is 5.92 Å². The lowest BCUT2D eigenvalue weighted by molar-refractivity contribution is -0.143. The third-order valence-corrected chi connectivity index (χ3v) is 8.35. The molecule has 1 aromatic heterocycles.